The lowest BCUT2D eigenvalue weighted by Crippen LogP contribution is -2.23. The van der Waals surface area contributed by atoms with Gasteiger partial charge in [-0.3, -0.25) is 0 Å². The van der Waals surface area contributed by atoms with Gasteiger partial charge in [0, 0.05) is 9.90 Å². The SMILES string of the molecule is CCCNC(c1ccc(OC)cc1Cl)c1sccc1C. The van der Waals surface area contributed by atoms with E-state index in [0.29, 0.717) is 0 Å². The van der Waals surface area contributed by atoms with Gasteiger partial charge < -0.3 is 10.1 Å². The molecule has 0 amide bonds. The molecule has 0 saturated heterocycles. The summed E-state index contributed by atoms with van der Waals surface area (Å²) in [6.45, 7) is 5.27. The van der Waals surface area contributed by atoms with Crippen molar-refractivity contribution in [2.75, 3.05) is 13.7 Å². The number of aryl methyl sites for hydroxylation is 1. The van der Waals surface area contributed by atoms with Crippen LogP contribution in [0.1, 0.15) is 35.4 Å². The van der Waals surface area contributed by atoms with Gasteiger partial charge in [0.15, 0.2) is 0 Å². The van der Waals surface area contributed by atoms with Gasteiger partial charge in [-0.05, 0) is 54.6 Å². The fourth-order valence-corrected chi connectivity index (χ4v) is 3.48. The van der Waals surface area contributed by atoms with Crippen LogP contribution in [0.2, 0.25) is 5.02 Å². The Bertz CT molecular complexity index is 567. The first-order valence-electron chi connectivity index (χ1n) is 6.78. The molecule has 0 aliphatic heterocycles. The summed E-state index contributed by atoms with van der Waals surface area (Å²) in [5.74, 6) is 0.788. The number of thiophene rings is 1. The van der Waals surface area contributed by atoms with Crippen molar-refractivity contribution in [2.45, 2.75) is 26.3 Å². The third kappa shape index (κ3) is 3.35. The molecule has 1 heterocycles. The molecular weight excluding hydrogens is 290 g/mol. The van der Waals surface area contributed by atoms with Crippen LogP contribution in [0.3, 0.4) is 0 Å². The maximum absolute atomic E-state index is 6.44. The summed E-state index contributed by atoms with van der Waals surface area (Å²) >= 11 is 8.20. The number of rotatable bonds is 6. The van der Waals surface area contributed by atoms with E-state index in [1.165, 1.54) is 10.4 Å². The summed E-state index contributed by atoms with van der Waals surface area (Å²) in [5.41, 5.74) is 2.40. The highest BCUT2D eigenvalue weighted by molar-refractivity contribution is 7.10. The average molecular weight is 310 g/mol. The quantitative estimate of drug-likeness (QED) is 0.827. The zero-order chi connectivity index (χ0) is 14.5. The highest BCUT2D eigenvalue weighted by atomic mass is 35.5. The molecule has 1 atom stereocenters. The maximum Gasteiger partial charge on any atom is 0.120 e. The molecule has 108 valence electrons. The summed E-state index contributed by atoms with van der Waals surface area (Å²) in [6.07, 6.45) is 1.09. The van der Waals surface area contributed by atoms with Gasteiger partial charge >= 0.3 is 0 Å². The molecule has 1 aromatic heterocycles. The van der Waals surface area contributed by atoms with Crippen molar-refractivity contribution in [2.24, 2.45) is 0 Å². The van der Waals surface area contributed by atoms with Gasteiger partial charge in [0.2, 0.25) is 0 Å². The Balaban J connectivity index is 2.38. The molecule has 0 aliphatic rings. The predicted molar refractivity (Wildman–Crippen MR) is 87.2 cm³/mol. The van der Waals surface area contributed by atoms with Gasteiger partial charge in [0.05, 0.1) is 13.2 Å². The normalized spacial score (nSPS) is 12.4. The summed E-state index contributed by atoms with van der Waals surface area (Å²) in [5, 5.41) is 6.46. The van der Waals surface area contributed by atoms with Gasteiger partial charge in [0.1, 0.15) is 5.75 Å². The van der Waals surface area contributed by atoms with E-state index < -0.39 is 0 Å². The second kappa shape index (κ2) is 7.11. The lowest BCUT2D eigenvalue weighted by molar-refractivity contribution is 0.414. The average Bonchev–Trinajstić information content (AvgIpc) is 2.87. The van der Waals surface area contributed by atoms with E-state index in [2.05, 4.69) is 30.6 Å². The Hall–Kier alpha value is -1.03. The summed E-state index contributed by atoms with van der Waals surface area (Å²) in [4.78, 5) is 1.32. The van der Waals surface area contributed by atoms with Crippen LogP contribution in [0.25, 0.3) is 0 Å². The first-order chi connectivity index (χ1) is 9.67. The second-order valence-corrected chi connectivity index (χ2v) is 6.10. The Kier molecular flexibility index (Phi) is 5.46. The van der Waals surface area contributed by atoms with Crippen molar-refractivity contribution in [3.63, 3.8) is 0 Å². The molecule has 1 unspecified atom stereocenters. The topological polar surface area (TPSA) is 21.3 Å². The summed E-state index contributed by atoms with van der Waals surface area (Å²) < 4.78 is 5.22. The van der Waals surface area contributed by atoms with Crippen LogP contribution in [-0.4, -0.2) is 13.7 Å². The number of hydrogen-bond donors (Lipinski definition) is 1. The molecule has 2 nitrogen and oxygen atoms in total. The van der Waals surface area contributed by atoms with Crippen LogP contribution >= 0.6 is 22.9 Å². The Morgan fingerprint density at radius 2 is 2.15 bits per heavy atom. The molecule has 4 heteroatoms. The highest BCUT2D eigenvalue weighted by Gasteiger charge is 2.19. The van der Waals surface area contributed by atoms with Gasteiger partial charge in [-0.15, -0.1) is 11.3 Å². The van der Waals surface area contributed by atoms with Gasteiger partial charge in [0.25, 0.3) is 0 Å². The first kappa shape index (κ1) is 15.4. The molecule has 2 aromatic rings. The van der Waals surface area contributed by atoms with Crippen molar-refractivity contribution in [1.82, 2.24) is 5.32 Å². The summed E-state index contributed by atoms with van der Waals surface area (Å²) in [7, 11) is 1.65. The van der Waals surface area contributed by atoms with Crippen LogP contribution < -0.4 is 10.1 Å². The number of methoxy groups -OCH3 is 1. The minimum atomic E-state index is 0.147. The predicted octanol–water partition coefficient (Wildman–Crippen LogP) is 4.81. The van der Waals surface area contributed by atoms with Gasteiger partial charge in [-0.2, -0.15) is 0 Å². The fourth-order valence-electron chi connectivity index (χ4n) is 2.18. The fraction of sp³-hybridized carbons (Fsp3) is 0.375. The number of ether oxygens (including phenoxy) is 1. The Morgan fingerprint density at radius 1 is 1.35 bits per heavy atom. The van der Waals surface area contributed by atoms with Gasteiger partial charge in [-0.1, -0.05) is 24.6 Å². The molecule has 0 spiro atoms. The number of hydrogen-bond acceptors (Lipinski definition) is 3. The van der Waals surface area contributed by atoms with Crippen molar-refractivity contribution < 1.29 is 4.74 Å². The molecule has 0 bridgehead atoms. The minimum absolute atomic E-state index is 0.147. The third-order valence-corrected chi connectivity index (χ3v) is 4.69. The third-order valence-electron chi connectivity index (χ3n) is 3.28. The van der Waals surface area contributed by atoms with Crippen molar-refractivity contribution in [3.8, 4) is 5.75 Å². The van der Waals surface area contributed by atoms with Crippen LogP contribution in [0.4, 0.5) is 0 Å². The number of halogens is 1. The molecule has 0 saturated carbocycles. The lowest BCUT2D eigenvalue weighted by atomic mass is 10.0. The zero-order valence-corrected chi connectivity index (χ0v) is 13.6. The molecule has 0 aliphatic carbocycles. The van der Waals surface area contributed by atoms with E-state index in [4.69, 9.17) is 16.3 Å². The Labute approximate surface area is 129 Å². The van der Waals surface area contributed by atoms with Crippen LogP contribution in [0.5, 0.6) is 5.75 Å². The van der Waals surface area contributed by atoms with E-state index in [-0.39, 0.29) is 6.04 Å². The smallest absolute Gasteiger partial charge is 0.120 e. The van der Waals surface area contributed by atoms with Crippen LogP contribution in [0, 0.1) is 6.92 Å². The van der Waals surface area contributed by atoms with Crippen molar-refractivity contribution >= 4 is 22.9 Å². The molecule has 20 heavy (non-hydrogen) atoms. The standard InChI is InChI=1S/C16H20ClNOS/c1-4-8-18-15(16-11(2)7-9-20-16)13-6-5-12(19-3)10-14(13)17/h5-7,9-10,15,18H,4,8H2,1-3H3. The van der Waals surface area contributed by atoms with Gasteiger partial charge in [-0.25, -0.2) is 0 Å². The lowest BCUT2D eigenvalue weighted by Gasteiger charge is -2.20. The Morgan fingerprint density at radius 3 is 2.70 bits per heavy atom. The van der Waals surface area contributed by atoms with E-state index in [0.717, 1.165) is 29.3 Å². The highest BCUT2D eigenvalue weighted by Crippen LogP contribution is 2.34. The first-order valence-corrected chi connectivity index (χ1v) is 8.04. The van der Waals surface area contributed by atoms with Crippen molar-refractivity contribution in [3.05, 3.63) is 50.7 Å². The number of nitrogens with one attached hydrogen (secondary N) is 1. The zero-order valence-electron chi connectivity index (χ0n) is 12.1. The number of benzene rings is 1. The molecule has 1 aromatic carbocycles. The molecule has 2 rings (SSSR count). The molecule has 0 fully saturated rings. The minimum Gasteiger partial charge on any atom is -0.497 e. The monoisotopic (exact) mass is 309 g/mol. The maximum atomic E-state index is 6.44. The van der Waals surface area contributed by atoms with E-state index in [1.807, 2.05) is 18.2 Å². The van der Waals surface area contributed by atoms with E-state index in [1.54, 1.807) is 18.4 Å². The molecule has 0 radical (unpaired) electrons. The van der Waals surface area contributed by atoms with Crippen molar-refractivity contribution in [1.29, 1.82) is 0 Å². The van der Waals surface area contributed by atoms with E-state index >= 15 is 0 Å². The second-order valence-electron chi connectivity index (χ2n) is 4.74. The molecular formula is C16H20ClNOS. The van der Waals surface area contributed by atoms with Crippen LogP contribution in [0.15, 0.2) is 29.6 Å². The largest absolute Gasteiger partial charge is 0.497 e. The van der Waals surface area contributed by atoms with Crippen LogP contribution in [-0.2, 0) is 0 Å². The molecule has 1 N–H and O–H groups in total. The summed E-state index contributed by atoms with van der Waals surface area (Å²) in [6, 6.07) is 8.19. The van der Waals surface area contributed by atoms with E-state index in [9.17, 15) is 0 Å².